The Labute approximate surface area is 185 Å². The predicted octanol–water partition coefficient (Wildman–Crippen LogP) is 3.05. The quantitative estimate of drug-likeness (QED) is 0.603. The number of nitrogens with zero attached hydrogens (tertiary/aromatic N) is 5. The van der Waals surface area contributed by atoms with E-state index < -0.39 is 24.4 Å². The summed E-state index contributed by atoms with van der Waals surface area (Å²) >= 11 is 6.10. The van der Waals surface area contributed by atoms with Crippen molar-refractivity contribution in [1.29, 1.82) is 0 Å². The summed E-state index contributed by atoms with van der Waals surface area (Å²) in [6.07, 6.45) is -0.212. The van der Waals surface area contributed by atoms with E-state index in [0.717, 1.165) is 22.1 Å². The number of amides is 1. The van der Waals surface area contributed by atoms with E-state index in [0.29, 0.717) is 13.0 Å². The maximum atomic E-state index is 13.2. The average Bonchev–Trinajstić information content (AvgIpc) is 3.35. The number of fused-ring (bicyclic) bond motifs is 1. The topological polar surface area (TPSA) is 86.9 Å². The number of hydrogen-bond donors (Lipinski definition) is 1. The normalized spacial score (nSPS) is 15.5. The molecule has 1 atom stereocenters. The predicted molar refractivity (Wildman–Crippen MR) is 109 cm³/mol. The van der Waals surface area contributed by atoms with E-state index in [-0.39, 0.29) is 22.5 Å². The molecule has 2 aromatic heterocycles. The van der Waals surface area contributed by atoms with Crippen LogP contribution < -0.4 is 10.1 Å². The van der Waals surface area contributed by atoms with E-state index in [1.807, 2.05) is 12.2 Å². The Bertz CT molecular complexity index is 1170. The molecule has 168 valence electrons. The first-order valence-electron chi connectivity index (χ1n) is 9.61. The molecule has 0 spiro atoms. The molecular weight excluding hydrogens is 449 g/mol. The van der Waals surface area contributed by atoms with Gasteiger partial charge in [-0.3, -0.25) is 4.79 Å². The van der Waals surface area contributed by atoms with Crippen molar-refractivity contribution in [2.45, 2.75) is 12.6 Å². The lowest BCUT2D eigenvalue weighted by molar-refractivity contribution is -0.141. The highest BCUT2D eigenvalue weighted by atomic mass is 35.5. The summed E-state index contributed by atoms with van der Waals surface area (Å²) in [5.74, 6) is -0.709. The smallest absolute Gasteiger partial charge is 0.435 e. The van der Waals surface area contributed by atoms with E-state index in [2.05, 4.69) is 20.7 Å². The van der Waals surface area contributed by atoms with Gasteiger partial charge in [0.2, 0.25) is 5.88 Å². The van der Waals surface area contributed by atoms with E-state index in [9.17, 15) is 18.0 Å². The standard InChI is InChI=1S/C20H18ClF3N6O2/c1-29-16-7-6-12(8-14(16)26-28-29)10-25-18(31)11-32-19-9-17(20(22,23)24)27-30(19)15-5-3-2-4-13(15)21/h2-7,9,12H,8,10-11H2,1H3,(H,25,31). The van der Waals surface area contributed by atoms with Crippen molar-refractivity contribution in [2.24, 2.45) is 13.0 Å². The fourth-order valence-corrected chi connectivity index (χ4v) is 3.49. The van der Waals surface area contributed by atoms with Gasteiger partial charge in [-0.1, -0.05) is 35.0 Å². The van der Waals surface area contributed by atoms with Crippen molar-refractivity contribution in [1.82, 2.24) is 30.1 Å². The molecule has 8 nitrogen and oxygen atoms in total. The molecule has 0 aliphatic heterocycles. The molecule has 1 unspecified atom stereocenters. The number of carbonyl (C=O) groups excluding carboxylic acids is 1. The van der Waals surface area contributed by atoms with Crippen molar-refractivity contribution in [3.8, 4) is 11.6 Å². The summed E-state index contributed by atoms with van der Waals surface area (Å²) in [5.41, 5.74) is 0.810. The first kappa shape index (κ1) is 21.9. The molecule has 12 heteroatoms. The molecule has 1 aliphatic carbocycles. The van der Waals surface area contributed by atoms with Crippen LogP contribution in [-0.4, -0.2) is 43.8 Å². The third-order valence-corrected chi connectivity index (χ3v) is 5.21. The highest BCUT2D eigenvalue weighted by Gasteiger charge is 2.36. The van der Waals surface area contributed by atoms with Gasteiger partial charge in [0, 0.05) is 32.0 Å². The molecule has 0 saturated heterocycles. The number of alkyl halides is 3. The van der Waals surface area contributed by atoms with Gasteiger partial charge in [-0.05, 0) is 18.2 Å². The number of hydrogen-bond acceptors (Lipinski definition) is 5. The maximum absolute atomic E-state index is 13.2. The van der Waals surface area contributed by atoms with Crippen LogP contribution in [0.5, 0.6) is 5.88 Å². The number of aryl methyl sites for hydroxylation is 1. The number of para-hydroxylation sites is 1. The Morgan fingerprint density at radius 2 is 2.12 bits per heavy atom. The van der Waals surface area contributed by atoms with Gasteiger partial charge >= 0.3 is 6.18 Å². The van der Waals surface area contributed by atoms with Crippen LogP contribution in [0.3, 0.4) is 0 Å². The van der Waals surface area contributed by atoms with Gasteiger partial charge in [0.05, 0.1) is 22.1 Å². The zero-order valence-electron chi connectivity index (χ0n) is 16.8. The largest absolute Gasteiger partial charge is 0.467 e. The summed E-state index contributed by atoms with van der Waals surface area (Å²) in [6.45, 7) is -0.160. The second-order valence-electron chi connectivity index (χ2n) is 7.19. The Morgan fingerprint density at radius 3 is 2.88 bits per heavy atom. The first-order valence-corrected chi connectivity index (χ1v) is 9.98. The fourth-order valence-electron chi connectivity index (χ4n) is 3.28. The summed E-state index contributed by atoms with van der Waals surface area (Å²) in [4.78, 5) is 12.3. The van der Waals surface area contributed by atoms with Crippen molar-refractivity contribution < 1.29 is 22.7 Å². The second-order valence-corrected chi connectivity index (χ2v) is 7.60. The average molecular weight is 467 g/mol. The van der Waals surface area contributed by atoms with Crippen LogP contribution in [0.2, 0.25) is 5.02 Å². The van der Waals surface area contributed by atoms with Gasteiger partial charge in [0.25, 0.3) is 5.91 Å². The number of halogens is 4. The van der Waals surface area contributed by atoms with Gasteiger partial charge in [0.1, 0.15) is 0 Å². The fraction of sp³-hybridized carbons (Fsp3) is 0.300. The van der Waals surface area contributed by atoms with Crippen molar-refractivity contribution in [2.75, 3.05) is 13.2 Å². The summed E-state index contributed by atoms with van der Waals surface area (Å²) in [7, 11) is 1.80. The van der Waals surface area contributed by atoms with E-state index in [1.54, 1.807) is 23.9 Å². The Morgan fingerprint density at radius 1 is 1.34 bits per heavy atom. The third kappa shape index (κ3) is 4.62. The lowest BCUT2D eigenvalue weighted by atomic mass is 9.96. The Hall–Kier alpha value is -3.34. The van der Waals surface area contributed by atoms with Gasteiger partial charge in [0.15, 0.2) is 12.3 Å². The number of benzene rings is 1. The Kier molecular flexibility index (Phi) is 5.92. The maximum Gasteiger partial charge on any atom is 0.435 e. The van der Waals surface area contributed by atoms with Crippen LogP contribution in [0.4, 0.5) is 13.2 Å². The molecule has 1 aliphatic rings. The monoisotopic (exact) mass is 466 g/mol. The van der Waals surface area contributed by atoms with E-state index >= 15 is 0 Å². The molecule has 0 fully saturated rings. The van der Waals surface area contributed by atoms with Crippen molar-refractivity contribution in [3.63, 3.8) is 0 Å². The zero-order valence-corrected chi connectivity index (χ0v) is 17.6. The molecular formula is C20H18ClF3N6O2. The number of aromatic nitrogens is 5. The molecule has 2 heterocycles. The molecule has 32 heavy (non-hydrogen) atoms. The summed E-state index contributed by atoms with van der Waals surface area (Å²) < 4.78 is 47.5. The minimum atomic E-state index is -4.68. The summed E-state index contributed by atoms with van der Waals surface area (Å²) in [6, 6.07) is 6.99. The molecule has 0 bridgehead atoms. The van der Waals surface area contributed by atoms with Crippen LogP contribution in [0.25, 0.3) is 11.8 Å². The van der Waals surface area contributed by atoms with E-state index in [4.69, 9.17) is 16.3 Å². The molecule has 1 aromatic carbocycles. The van der Waals surface area contributed by atoms with Crippen molar-refractivity contribution >= 4 is 23.6 Å². The minimum absolute atomic E-state index is 0.0219. The third-order valence-electron chi connectivity index (χ3n) is 4.89. The minimum Gasteiger partial charge on any atom is -0.467 e. The first-order chi connectivity index (χ1) is 15.2. The van der Waals surface area contributed by atoms with Crippen LogP contribution in [0, 0.1) is 5.92 Å². The lowest BCUT2D eigenvalue weighted by Crippen LogP contribution is -2.34. The molecule has 4 rings (SSSR count). The molecule has 1 amide bonds. The molecule has 0 saturated carbocycles. The number of ether oxygens (including phenoxy) is 1. The van der Waals surface area contributed by atoms with E-state index in [1.165, 1.54) is 12.1 Å². The number of nitrogens with one attached hydrogen (secondary N) is 1. The molecule has 0 radical (unpaired) electrons. The van der Waals surface area contributed by atoms with Crippen LogP contribution >= 0.6 is 11.6 Å². The van der Waals surface area contributed by atoms with Gasteiger partial charge in [-0.2, -0.15) is 23.0 Å². The van der Waals surface area contributed by atoms with Gasteiger partial charge < -0.3 is 10.1 Å². The van der Waals surface area contributed by atoms with Crippen molar-refractivity contribution in [3.05, 3.63) is 58.5 Å². The van der Waals surface area contributed by atoms with Crippen LogP contribution in [0.15, 0.2) is 36.4 Å². The second kappa shape index (κ2) is 8.65. The van der Waals surface area contributed by atoms with Crippen LogP contribution in [0.1, 0.15) is 17.1 Å². The SMILES string of the molecule is Cn1nnc2c1C=CC(CNC(=O)COc1cc(C(F)(F)F)nn1-c1ccccc1Cl)C2. The molecule has 3 aromatic rings. The lowest BCUT2D eigenvalue weighted by Gasteiger charge is -2.17. The molecule has 1 N–H and O–H groups in total. The highest BCUT2D eigenvalue weighted by molar-refractivity contribution is 6.32. The number of carbonyl (C=O) groups is 1. The Balaban J connectivity index is 1.40. The number of rotatable bonds is 6. The highest BCUT2D eigenvalue weighted by Crippen LogP contribution is 2.33. The summed E-state index contributed by atoms with van der Waals surface area (Å²) in [5, 5.41) is 14.5. The van der Waals surface area contributed by atoms with Gasteiger partial charge in [-0.25, -0.2) is 4.68 Å². The van der Waals surface area contributed by atoms with Gasteiger partial charge in [-0.15, -0.1) is 5.10 Å². The zero-order chi connectivity index (χ0) is 22.9. The van der Waals surface area contributed by atoms with Crippen LogP contribution in [-0.2, 0) is 24.4 Å².